The standard InChI is InChI=1S/C28H24N6O/c1-5-20-14-17(3)22(15-30-20)25-23(24-26(29)31-16-32-27(24)33(25)4)18-9-11-19(12-10-18)28(35)34-13-7-8-21(34)6-2/h1-2,9-12,14-16,21H,7-8,13H2,3-4H3,(H2,29,31,32). The summed E-state index contributed by atoms with van der Waals surface area (Å²) in [6, 6.07) is 9.25. The summed E-state index contributed by atoms with van der Waals surface area (Å²) in [5.74, 6) is 5.64. The van der Waals surface area contributed by atoms with Crippen molar-refractivity contribution >= 4 is 22.8 Å². The molecule has 4 heterocycles. The lowest BCUT2D eigenvalue weighted by Crippen LogP contribution is -2.34. The molecule has 5 rings (SSSR count). The van der Waals surface area contributed by atoms with E-state index in [2.05, 4.69) is 26.8 Å². The van der Waals surface area contributed by atoms with Crippen LogP contribution in [-0.4, -0.2) is 42.9 Å². The van der Waals surface area contributed by atoms with Gasteiger partial charge in [0.2, 0.25) is 0 Å². The van der Waals surface area contributed by atoms with Crippen LogP contribution in [0, 0.1) is 31.6 Å². The number of nitrogen functional groups attached to an aromatic ring is 1. The number of carbonyl (C=O) groups excluding carboxylic acids is 1. The Hall–Kier alpha value is -4.62. The maximum atomic E-state index is 13.1. The fraction of sp³-hybridized carbons (Fsp3) is 0.214. The maximum Gasteiger partial charge on any atom is 0.254 e. The van der Waals surface area contributed by atoms with Gasteiger partial charge in [-0.05, 0) is 49.1 Å². The maximum absolute atomic E-state index is 13.1. The number of aromatic nitrogens is 4. The molecule has 0 radical (unpaired) electrons. The number of nitrogens with zero attached hydrogens (tertiary/aromatic N) is 5. The van der Waals surface area contributed by atoms with Crippen LogP contribution in [0.2, 0.25) is 0 Å². The Balaban J connectivity index is 1.67. The van der Waals surface area contributed by atoms with Gasteiger partial charge >= 0.3 is 0 Å². The fourth-order valence-corrected chi connectivity index (χ4v) is 4.88. The quantitative estimate of drug-likeness (QED) is 0.470. The van der Waals surface area contributed by atoms with E-state index in [1.807, 2.05) is 48.9 Å². The number of aryl methyl sites for hydroxylation is 2. The fourth-order valence-electron chi connectivity index (χ4n) is 4.88. The number of nitrogens with two attached hydrogens (primary N) is 1. The zero-order chi connectivity index (χ0) is 24.7. The summed E-state index contributed by atoms with van der Waals surface area (Å²) in [5, 5.41) is 0.747. The van der Waals surface area contributed by atoms with Crippen molar-refractivity contribution in [3.8, 4) is 47.1 Å². The molecule has 2 N–H and O–H groups in total. The molecule has 1 aliphatic heterocycles. The van der Waals surface area contributed by atoms with E-state index < -0.39 is 0 Å². The van der Waals surface area contributed by atoms with Crippen LogP contribution in [0.25, 0.3) is 33.4 Å². The number of anilines is 1. The number of pyridine rings is 1. The summed E-state index contributed by atoms with van der Waals surface area (Å²) in [7, 11) is 1.94. The van der Waals surface area contributed by atoms with Gasteiger partial charge in [-0.3, -0.25) is 4.79 Å². The Morgan fingerprint density at radius 2 is 1.94 bits per heavy atom. The second kappa shape index (κ2) is 8.62. The molecule has 172 valence electrons. The predicted molar refractivity (Wildman–Crippen MR) is 137 cm³/mol. The highest BCUT2D eigenvalue weighted by Crippen LogP contribution is 2.42. The van der Waals surface area contributed by atoms with E-state index >= 15 is 0 Å². The minimum absolute atomic E-state index is 0.0529. The van der Waals surface area contributed by atoms with Crippen LogP contribution in [0.15, 0.2) is 42.9 Å². The van der Waals surface area contributed by atoms with E-state index in [1.54, 1.807) is 11.1 Å². The molecule has 1 unspecified atom stereocenters. The van der Waals surface area contributed by atoms with Gasteiger partial charge in [-0.2, -0.15) is 0 Å². The number of terminal acetylenes is 2. The van der Waals surface area contributed by atoms with Crippen LogP contribution in [0.3, 0.4) is 0 Å². The Morgan fingerprint density at radius 1 is 1.17 bits per heavy atom. The average molecular weight is 461 g/mol. The van der Waals surface area contributed by atoms with Crippen molar-refractivity contribution in [3.63, 3.8) is 0 Å². The van der Waals surface area contributed by atoms with Gasteiger partial charge in [-0.15, -0.1) is 12.8 Å². The van der Waals surface area contributed by atoms with Crippen molar-refractivity contribution in [2.75, 3.05) is 12.3 Å². The third-order valence-corrected chi connectivity index (χ3v) is 6.64. The molecule has 7 heteroatoms. The highest BCUT2D eigenvalue weighted by atomic mass is 16.2. The number of rotatable bonds is 3. The topological polar surface area (TPSA) is 89.9 Å². The lowest BCUT2D eigenvalue weighted by Gasteiger charge is -2.20. The van der Waals surface area contributed by atoms with Crippen LogP contribution >= 0.6 is 0 Å². The third-order valence-electron chi connectivity index (χ3n) is 6.64. The van der Waals surface area contributed by atoms with Crippen molar-refractivity contribution in [2.45, 2.75) is 25.8 Å². The Kier molecular flexibility index (Phi) is 5.47. The zero-order valence-corrected chi connectivity index (χ0v) is 19.6. The van der Waals surface area contributed by atoms with Crippen molar-refractivity contribution < 1.29 is 4.79 Å². The van der Waals surface area contributed by atoms with E-state index in [-0.39, 0.29) is 11.9 Å². The van der Waals surface area contributed by atoms with Crippen LogP contribution in [0.4, 0.5) is 5.82 Å². The van der Waals surface area contributed by atoms with Crippen LogP contribution in [0.1, 0.15) is 34.5 Å². The van der Waals surface area contributed by atoms with Gasteiger partial charge in [0.25, 0.3) is 5.91 Å². The Bertz CT molecular complexity index is 1550. The molecule has 1 amide bonds. The number of amides is 1. The van der Waals surface area contributed by atoms with Gasteiger partial charge in [0.05, 0.1) is 17.1 Å². The molecule has 1 fully saturated rings. The third kappa shape index (κ3) is 3.59. The molecule has 0 saturated carbocycles. The monoisotopic (exact) mass is 460 g/mol. The molecule has 4 aromatic rings. The minimum atomic E-state index is -0.148. The van der Waals surface area contributed by atoms with Gasteiger partial charge in [-0.25, -0.2) is 15.0 Å². The molecule has 0 spiro atoms. The number of hydrogen-bond donors (Lipinski definition) is 1. The molecule has 1 aliphatic rings. The van der Waals surface area contributed by atoms with Crippen molar-refractivity contribution in [1.82, 2.24) is 24.4 Å². The van der Waals surface area contributed by atoms with Crippen molar-refractivity contribution in [3.05, 3.63) is 59.7 Å². The number of hydrogen-bond acceptors (Lipinski definition) is 5. The number of benzene rings is 1. The molecule has 1 aromatic carbocycles. The molecule has 1 atom stereocenters. The molecule has 1 saturated heterocycles. The summed E-state index contributed by atoms with van der Waals surface area (Å²) in [6.07, 6.45) is 16.2. The second-order valence-electron chi connectivity index (χ2n) is 8.67. The average Bonchev–Trinajstić information content (AvgIpc) is 3.47. The predicted octanol–water partition coefficient (Wildman–Crippen LogP) is 3.81. The van der Waals surface area contributed by atoms with Gasteiger partial charge < -0.3 is 15.2 Å². The van der Waals surface area contributed by atoms with E-state index in [1.165, 1.54) is 6.33 Å². The van der Waals surface area contributed by atoms with E-state index in [4.69, 9.17) is 18.6 Å². The van der Waals surface area contributed by atoms with Crippen LogP contribution in [0.5, 0.6) is 0 Å². The summed E-state index contributed by atoms with van der Waals surface area (Å²) < 4.78 is 1.99. The highest BCUT2D eigenvalue weighted by Gasteiger charge is 2.28. The normalized spacial score (nSPS) is 15.2. The lowest BCUT2D eigenvalue weighted by molar-refractivity contribution is 0.0766. The Labute approximate surface area is 204 Å². The number of fused-ring (bicyclic) bond motifs is 1. The lowest BCUT2D eigenvalue weighted by atomic mass is 9.96. The van der Waals surface area contributed by atoms with Crippen LogP contribution in [-0.2, 0) is 7.05 Å². The first-order chi connectivity index (χ1) is 16.9. The second-order valence-corrected chi connectivity index (χ2v) is 8.67. The largest absolute Gasteiger partial charge is 0.383 e. The summed E-state index contributed by atoms with van der Waals surface area (Å²) in [5.41, 5.74) is 12.8. The van der Waals surface area contributed by atoms with Crippen molar-refractivity contribution in [2.24, 2.45) is 7.05 Å². The van der Waals surface area contributed by atoms with E-state index in [0.717, 1.165) is 46.2 Å². The number of carbonyl (C=O) groups is 1. The summed E-state index contributed by atoms with van der Waals surface area (Å²) in [6.45, 7) is 2.67. The molecule has 0 bridgehead atoms. The first-order valence-electron chi connectivity index (χ1n) is 11.3. The van der Waals surface area contributed by atoms with E-state index in [0.29, 0.717) is 29.3 Å². The molecule has 0 aliphatic carbocycles. The number of likely N-dealkylation sites (tertiary alicyclic amines) is 1. The first kappa shape index (κ1) is 22.2. The molecule has 35 heavy (non-hydrogen) atoms. The highest BCUT2D eigenvalue weighted by molar-refractivity contribution is 6.08. The molecule has 3 aromatic heterocycles. The SMILES string of the molecule is C#Cc1cc(C)c(-c2c(-c3ccc(C(=O)N4CCCC4C#C)cc3)c3c(N)ncnc3n2C)cn1. The van der Waals surface area contributed by atoms with E-state index in [9.17, 15) is 4.79 Å². The van der Waals surface area contributed by atoms with Crippen LogP contribution < -0.4 is 5.73 Å². The smallest absolute Gasteiger partial charge is 0.254 e. The van der Waals surface area contributed by atoms with Gasteiger partial charge in [-0.1, -0.05) is 24.0 Å². The van der Waals surface area contributed by atoms with Crippen molar-refractivity contribution in [1.29, 1.82) is 0 Å². The van der Waals surface area contributed by atoms with Gasteiger partial charge in [0.1, 0.15) is 23.5 Å². The summed E-state index contributed by atoms with van der Waals surface area (Å²) >= 11 is 0. The molecular formula is C28H24N6O. The zero-order valence-electron chi connectivity index (χ0n) is 19.6. The minimum Gasteiger partial charge on any atom is -0.383 e. The van der Waals surface area contributed by atoms with Gasteiger partial charge in [0.15, 0.2) is 0 Å². The molecular weight excluding hydrogens is 436 g/mol. The van der Waals surface area contributed by atoms with Gasteiger partial charge in [0, 0.05) is 36.5 Å². The summed E-state index contributed by atoms with van der Waals surface area (Å²) in [4.78, 5) is 28.0. The first-order valence-corrected chi connectivity index (χ1v) is 11.3. The molecule has 7 nitrogen and oxygen atoms in total. The Morgan fingerprint density at radius 3 is 2.63 bits per heavy atom.